The topological polar surface area (TPSA) is 55.6 Å². The van der Waals surface area contributed by atoms with Gasteiger partial charge in [-0.05, 0) is 55.7 Å². The first-order valence-electron chi connectivity index (χ1n) is 7.90. The first kappa shape index (κ1) is 14.4. The molecule has 1 aromatic rings. The summed E-state index contributed by atoms with van der Waals surface area (Å²) in [6.07, 6.45) is 4.91. The van der Waals surface area contributed by atoms with Gasteiger partial charge in [-0.1, -0.05) is 6.07 Å². The largest absolute Gasteiger partial charge is 0.398 e. The van der Waals surface area contributed by atoms with Crippen LogP contribution in [-0.4, -0.2) is 30.6 Å². The van der Waals surface area contributed by atoms with Crippen molar-refractivity contribution in [1.29, 1.82) is 0 Å². The first-order valence-corrected chi connectivity index (χ1v) is 7.90. The van der Waals surface area contributed by atoms with Crippen LogP contribution >= 0.6 is 0 Å². The molecular formula is C17H24N2O2. The predicted octanol–water partition coefficient (Wildman–Crippen LogP) is 2.92. The predicted molar refractivity (Wildman–Crippen MR) is 83.3 cm³/mol. The summed E-state index contributed by atoms with van der Waals surface area (Å²) in [4.78, 5) is 14.0. The summed E-state index contributed by atoms with van der Waals surface area (Å²) >= 11 is 0. The molecule has 0 spiro atoms. The van der Waals surface area contributed by atoms with E-state index in [0.29, 0.717) is 24.3 Å². The molecule has 1 amide bonds. The highest BCUT2D eigenvalue weighted by Gasteiger charge is 2.32. The number of hydrogen-bond acceptors (Lipinski definition) is 3. The molecule has 0 unspecified atom stereocenters. The number of carbonyl (C=O) groups excluding carboxylic acids is 1. The van der Waals surface area contributed by atoms with E-state index >= 15 is 0 Å². The van der Waals surface area contributed by atoms with Gasteiger partial charge in [0.1, 0.15) is 0 Å². The Morgan fingerprint density at radius 1 is 1.29 bits per heavy atom. The number of amides is 1. The maximum atomic E-state index is 12.2. The molecule has 1 fully saturated rings. The van der Waals surface area contributed by atoms with E-state index < -0.39 is 0 Å². The summed E-state index contributed by atoms with van der Waals surface area (Å²) < 4.78 is 5.73. The number of ether oxygens (including phenoxy) is 1. The molecule has 3 rings (SSSR count). The third kappa shape index (κ3) is 2.53. The van der Waals surface area contributed by atoms with Gasteiger partial charge in [-0.2, -0.15) is 0 Å². The Kier molecular flexibility index (Phi) is 3.89. The van der Waals surface area contributed by atoms with Crippen molar-refractivity contribution in [2.24, 2.45) is 0 Å². The van der Waals surface area contributed by atoms with E-state index in [2.05, 4.69) is 13.0 Å². The van der Waals surface area contributed by atoms with Crippen molar-refractivity contribution in [2.75, 3.05) is 19.4 Å². The lowest BCUT2D eigenvalue weighted by molar-refractivity contribution is 0.0327. The number of anilines is 1. The van der Waals surface area contributed by atoms with E-state index in [4.69, 9.17) is 10.5 Å². The van der Waals surface area contributed by atoms with Crippen LogP contribution < -0.4 is 5.73 Å². The van der Waals surface area contributed by atoms with Crippen molar-refractivity contribution < 1.29 is 9.53 Å². The van der Waals surface area contributed by atoms with Crippen LogP contribution in [0.3, 0.4) is 0 Å². The maximum Gasteiger partial charge on any atom is 0.256 e. The zero-order valence-electron chi connectivity index (χ0n) is 12.9. The van der Waals surface area contributed by atoms with E-state index in [0.717, 1.165) is 43.4 Å². The fourth-order valence-electron chi connectivity index (χ4n) is 3.76. The Hall–Kier alpha value is -1.55. The van der Waals surface area contributed by atoms with Crippen LogP contribution in [0.5, 0.6) is 0 Å². The molecule has 4 nitrogen and oxygen atoms in total. The first-order chi connectivity index (χ1) is 10.1. The number of carbonyl (C=O) groups is 1. The lowest BCUT2D eigenvalue weighted by atomic mass is 9.80. The van der Waals surface area contributed by atoms with Crippen LogP contribution in [-0.2, 0) is 11.3 Å². The molecule has 1 aliphatic heterocycles. The van der Waals surface area contributed by atoms with Gasteiger partial charge in [0.25, 0.3) is 5.91 Å². The molecule has 1 aliphatic carbocycles. The van der Waals surface area contributed by atoms with Gasteiger partial charge in [-0.15, -0.1) is 0 Å². The maximum absolute atomic E-state index is 12.2. The molecule has 0 saturated heterocycles. The van der Waals surface area contributed by atoms with Crippen LogP contribution in [0.2, 0.25) is 0 Å². The second kappa shape index (κ2) is 5.68. The number of nitrogens with two attached hydrogens (primary N) is 1. The Labute approximate surface area is 126 Å². The standard InChI is InChI=1S/C17H24N2O2/c1-3-21-12-6-4-11(5-7-12)13-8-9-15(18)16-14(13)10-19(2)17(16)20/h8-9,11-12H,3-7,10,18H2,1-2H3/t11-,12-. The second-order valence-electron chi connectivity index (χ2n) is 6.19. The van der Waals surface area contributed by atoms with Crippen LogP contribution in [0, 0.1) is 0 Å². The normalized spacial score (nSPS) is 25.2. The summed E-state index contributed by atoms with van der Waals surface area (Å²) in [5.41, 5.74) is 9.85. The molecule has 1 aromatic carbocycles. The Balaban J connectivity index is 1.84. The fourth-order valence-corrected chi connectivity index (χ4v) is 3.76. The highest BCUT2D eigenvalue weighted by Crippen LogP contribution is 2.40. The van der Waals surface area contributed by atoms with E-state index in [1.54, 1.807) is 4.90 Å². The van der Waals surface area contributed by atoms with Crippen LogP contribution in [0.4, 0.5) is 5.69 Å². The second-order valence-corrected chi connectivity index (χ2v) is 6.19. The number of benzene rings is 1. The third-order valence-electron chi connectivity index (χ3n) is 4.85. The highest BCUT2D eigenvalue weighted by atomic mass is 16.5. The fraction of sp³-hybridized carbons (Fsp3) is 0.588. The minimum atomic E-state index is 0.0624. The van der Waals surface area contributed by atoms with Gasteiger partial charge < -0.3 is 15.4 Å². The summed E-state index contributed by atoms with van der Waals surface area (Å²) in [5.74, 6) is 0.600. The molecule has 114 valence electrons. The number of nitrogen functional groups attached to an aromatic ring is 1. The molecule has 0 bridgehead atoms. The number of fused-ring (bicyclic) bond motifs is 1. The van der Waals surface area contributed by atoms with Crippen molar-refractivity contribution in [3.8, 4) is 0 Å². The van der Waals surface area contributed by atoms with Crippen molar-refractivity contribution in [2.45, 2.75) is 51.2 Å². The summed E-state index contributed by atoms with van der Waals surface area (Å²) in [6.45, 7) is 3.55. The number of nitrogens with zero attached hydrogens (tertiary/aromatic N) is 1. The van der Waals surface area contributed by atoms with Crippen LogP contribution in [0.1, 0.15) is 60.0 Å². The summed E-state index contributed by atoms with van der Waals surface area (Å²) in [5, 5.41) is 0. The van der Waals surface area contributed by atoms with Crippen LogP contribution in [0.25, 0.3) is 0 Å². The Morgan fingerprint density at radius 2 is 2.00 bits per heavy atom. The molecule has 0 atom stereocenters. The minimum Gasteiger partial charge on any atom is -0.398 e. The van der Waals surface area contributed by atoms with E-state index in [-0.39, 0.29) is 5.91 Å². The van der Waals surface area contributed by atoms with Gasteiger partial charge in [0.2, 0.25) is 0 Å². The van der Waals surface area contributed by atoms with Crippen molar-refractivity contribution in [3.05, 3.63) is 28.8 Å². The van der Waals surface area contributed by atoms with E-state index in [1.165, 1.54) is 5.56 Å². The molecule has 1 saturated carbocycles. The van der Waals surface area contributed by atoms with Crippen molar-refractivity contribution >= 4 is 11.6 Å². The quantitative estimate of drug-likeness (QED) is 0.870. The van der Waals surface area contributed by atoms with Gasteiger partial charge in [-0.3, -0.25) is 4.79 Å². The highest BCUT2D eigenvalue weighted by molar-refractivity contribution is 6.03. The van der Waals surface area contributed by atoms with Crippen molar-refractivity contribution in [3.63, 3.8) is 0 Å². The number of rotatable bonds is 3. The zero-order chi connectivity index (χ0) is 15.0. The van der Waals surface area contributed by atoms with Gasteiger partial charge in [0.05, 0.1) is 11.7 Å². The lowest BCUT2D eigenvalue weighted by Gasteiger charge is -2.29. The average Bonchev–Trinajstić information content (AvgIpc) is 2.78. The van der Waals surface area contributed by atoms with Crippen LogP contribution in [0.15, 0.2) is 12.1 Å². The molecule has 21 heavy (non-hydrogen) atoms. The molecule has 0 radical (unpaired) electrons. The van der Waals surface area contributed by atoms with Gasteiger partial charge in [-0.25, -0.2) is 0 Å². The Morgan fingerprint density at radius 3 is 2.67 bits per heavy atom. The van der Waals surface area contributed by atoms with Gasteiger partial charge >= 0.3 is 0 Å². The molecule has 2 N–H and O–H groups in total. The third-order valence-corrected chi connectivity index (χ3v) is 4.85. The summed E-state index contributed by atoms with van der Waals surface area (Å²) in [7, 11) is 1.84. The smallest absolute Gasteiger partial charge is 0.256 e. The van der Waals surface area contributed by atoms with E-state index in [9.17, 15) is 4.79 Å². The lowest BCUT2D eigenvalue weighted by Crippen LogP contribution is -2.21. The molecular weight excluding hydrogens is 264 g/mol. The monoisotopic (exact) mass is 288 g/mol. The SMILES string of the molecule is CCO[C@H]1CC[C@H](c2ccc(N)c3c2CN(C)C3=O)CC1. The van der Waals surface area contributed by atoms with E-state index in [1.807, 2.05) is 13.1 Å². The van der Waals surface area contributed by atoms with Crippen molar-refractivity contribution in [1.82, 2.24) is 4.90 Å². The minimum absolute atomic E-state index is 0.0624. The van der Waals surface area contributed by atoms with Gasteiger partial charge in [0.15, 0.2) is 0 Å². The molecule has 0 aromatic heterocycles. The molecule has 4 heteroatoms. The number of hydrogen-bond donors (Lipinski definition) is 1. The molecule has 1 heterocycles. The zero-order valence-corrected chi connectivity index (χ0v) is 12.9. The summed E-state index contributed by atoms with van der Waals surface area (Å²) in [6, 6.07) is 4.03. The average molecular weight is 288 g/mol. The van der Waals surface area contributed by atoms with Gasteiger partial charge in [0, 0.05) is 25.9 Å². The molecule has 2 aliphatic rings. The Bertz CT molecular complexity index is 548.